The van der Waals surface area contributed by atoms with Crippen molar-refractivity contribution in [3.63, 3.8) is 0 Å². The molecule has 1 N–H and O–H groups in total. The van der Waals surface area contributed by atoms with E-state index in [-0.39, 0.29) is 11.9 Å². The molecule has 1 aliphatic heterocycles. The zero-order chi connectivity index (χ0) is 18.0. The lowest BCUT2D eigenvalue weighted by molar-refractivity contribution is 0.0711. The van der Waals surface area contributed by atoms with Crippen LogP contribution in [-0.2, 0) is 6.54 Å². The summed E-state index contributed by atoms with van der Waals surface area (Å²) in [5.74, 6) is 1.46. The zero-order valence-corrected chi connectivity index (χ0v) is 15.5. The smallest absolute Gasteiger partial charge is 0.289 e. The first kappa shape index (κ1) is 17.7. The number of amides is 1. The number of benzene rings is 1. The Morgan fingerprint density at radius 3 is 2.40 bits per heavy atom. The van der Waals surface area contributed by atoms with Gasteiger partial charge in [0.25, 0.3) is 5.91 Å². The van der Waals surface area contributed by atoms with E-state index in [1.807, 2.05) is 6.07 Å². The number of oxazole rings is 1. The largest absolute Gasteiger partial charge is 0.436 e. The number of likely N-dealkylation sites (tertiary alicyclic amines) is 1. The number of hydrogen-bond donors (Lipinski definition) is 1. The van der Waals surface area contributed by atoms with E-state index in [4.69, 9.17) is 4.42 Å². The second-order valence-electron chi connectivity index (χ2n) is 7.28. The minimum atomic E-state index is -0.154. The molecule has 0 radical (unpaired) electrons. The van der Waals surface area contributed by atoms with Crippen molar-refractivity contribution in [1.82, 2.24) is 15.2 Å². The Morgan fingerprint density at radius 2 is 1.84 bits per heavy atom. The second-order valence-corrected chi connectivity index (χ2v) is 7.28. The third-order valence-electron chi connectivity index (χ3n) is 4.97. The van der Waals surface area contributed by atoms with Crippen molar-refractivity contribution in [3.8, 4) is 0 Å². The first-order chi connectivity index (χ1) is 11.9. The summed E-state index contributed by atoms with van der Waals surface area (Å²) < 4.78 is 5.45. The number of aryl methyl sites for hydroxylation is 2. The molecule has 1 amide bonds. The molecule has 0 bridgehead atoms. The Labute approximate surface area is 149 Å². The van der Waals surface area contributed by atoms with Gasteiger partial charge in [-0.15, -0.1) is 0 Å². The average molecular weight is 341 g/mol. The molecule has 3 atom stereocenters. The molecule has 25 heavy (non-hydrogen) atoms. The number of rotatable bonds is 4. The number of aromatic nitrogens is 1. The molecule has 134 valence electrons. The van der Waals surface area contributed by atoms with E-state index in [2.05, 4.69) is 53.3 Å². The number of carbonyl (C=O) groups is 1. The molecule has 1 saturated heterocycles. The predicted octanol–water partition coefficient (Wildman–Crippen LogP) is 3.18. The minimum absolute atomic E-state index is 0.143. The molecule has 1 unspecified atom stereocenters. The Bertz CT molecular complexity index is 714. The van der Waals surface area contributed by atoms with Crippen LogP contribution in [0.5, 0.6) is 0 Å². The van der Waals surface area contributed by atoms with Crippen LogP contribution in [0.3, 0.4) is 0 Å². The standard InChI is InChI=1S/C20H27N3O2/c1-13-10-23(12-17-8-6-5-7-9-17)11-14(2)18(13)22-20(24)19-15(3)21-16(4)25-19/h5-9,13-14,18H,10-12H2,1-4H3,(H,22,24)/t13-,14+,18?. The number of hydrogen-bond acceptors (Lipinski definition) is 4. The first-order valence-electron chi connectivity index (χ1n) is 8.95. The monoisotopic (exact) mass is 341 g/mol. The van der Waals surface area contributed by atoms with Crippen molar-refractivity contribution in [2.24, 2.45) is 11.8 Å². The van der Waals surface area contributed by atoms with Gasteiger partial charge in [-0.3, -0.25) is 9.69 Å². The summed E-state index contributed by atoms with van der Waals surface area (Å²) in [4.78, 5) is 19.2. The molecule has 0 aliphatic carbocycles. The summed E-state index contributed by atoms with van der Waals surface area (Å²) in [6.07, 6.45) is 0. The molecular weight excluding hydrogens is 314 g/mol. The molecule has 1 fully saturated rings. The lowest BCUT2D eigenvalue weighted by atomic mass is 9.85. The molecule has 5 nitrogen and oxygen atoms in total. The van der Waals surface area contributed by atoms with E-state index < -0.39 is 0 Å². The van der Waals surface area contributed by atoms with Crippen molar-refractivity contribution in [3.05, 3.63) is 53.2 Å². The number of nitrogens with one attached hydrogen (secondary N) is 1. The summed E-state index contributed by atoms with van der Waals surface area (Å²) in [6, 6.07) is 10.7. The van der Waals surface area contributed by atoms with E-state index in [0.29, 0.717) is 29.2 Å². The van der Waals surface area contributed by atoms with Gasteiger partial charge in [0, 0.05) is 32.6 Å². The van der Waals surface area contributed by atoms with Gasteiger partial charge in [-0.2, -0.15) is 0 Å². The molecule has 0 spiro atoms. The first-order valence-corrected chi connectivity index (χ1v) is 8.95. The Hall–Kier alpha value is -2.14. The van der Waals surface area contributed by atoms with Gasteiger partial charge >= 0.3 is 0 Å². The Balaban J connectivity index is 1.62. The maximum atomic E-state index is 12.6. The van der Waals surface area contributed by atoms with Gasteiger partial charge in [0.2, 0.25) is 5.76 Å². The molecule has 5 heteroatoms. The van der Waals surface area contributed by atoms with Gasteiger partial charge in [0.1, 0.15) is 0 Å². The Morgan fingerprint density at radius 1 is 1.20 bits per heavy atom. The number of nitrogens with zero attached hydrogens (tertiary/aromatic N) is 2. The zero-order valence-electron chi connectivity index (χ0n) is 15.5. The highest BCUT2D eigenvalue weighted by atomic mass is 16.4. The molecule has 2 heterocycles. The van der Waals surface area contributed by atoms with E-state index in [1.54, 1.807) is 13.8 Å². The van der Waals surface area contributed by atoms with Gasteiger partial charge in [-0.25, -0.2) is 4.98 Å². The third-order valence-corrected chi connectivity index (χ3v) is 4.97. The average Bonchev–Trinajstić information content (AvgIpc) is 2.90. The lowest BCUT2D eigenvalue weighted by Crippen LogP contribution is -2.54. The fourth-order valence-electron chi connectivity index (χ4n) is 3.89. The van der Waals surface area contributed by atoms with Crippen molar-refractivity contribution >= 4 is 5.91 Å². The fraction of sp³-hybridized carbons (Fsp3) is 0.500. The molecule has 1 aromatic heterocycles. The molecule has 0 saturated carbocycles. The van der Waals surface area contributed by atoms with Gasteiger partial charge in [0.05, 0.1) is 5.69 Å². The van der Waals surface area contributed by atoms with Crippen LogP contribution >= 0.6 is 0 Å². The quantitative estimate of drug-likeness (QED) is 0.928. The van der Waals surface area contributed by atoms with Crippen molar-refractivity contribution < 1.29 is 9.21 Å². The van der Waals surface area contributed by atoms with E-state index in [9.17, 15) is 4.79 Å². The van der Waals surface area contributed by atoms with Gasteiger partial charge in [-0.1, -0.05) is 44.2 Å². The van der Waals surface area contributed by atoms with Gasteiger partial charge in [0.15, 0.2) is 5.89 Å². The maximum Gasteiger partial charge on any atom is 0.289 e. The van der Waals surface area contributed by atoms with Crippen molar-refractivity contribution in [2.45, 2.75) is 40.3 Å². The predicted molar refractivity (Wildman–Crippen MR) is 97.3 cm³/mol. The maximum absolute atomic E-state index is 12.6. The van der Waals surface area contributed by atoms with E-state index in [1.165, 1.54) is 5.56 Å². The second kappa shape index (κ2) is 7.40. The van der Waals surface area contributed by atoms with Crippen LogP contribution in [-0.4, -0.2) is 34.9 Å². The van der Waals surface area contributed by atoms with Crippen LogP contribution in [0, 0.1) is 25.7 Å². The van der Waals surface area contributed by atoms with Crippen LogP contribution in [0.1, 0.15) is 41.6 Å². The van der Waals surface area contributed by atoms with Crippen LogP contribution in [0.15, 0.2) is 34.7 Å². The van der Waals surface area contributed by atoms with Crippen LogP contribution in [0.4, 0.5) is 0 Å². The normalized spacial score (nSPS) is 24.2. The summed E-state index contributed by atoms with van der Waals surface area (Å²) in [7, 11) is 0. The minimum Gasteiger partial charge on any atom is -0.436 e. The SMILES string of the molecule is Cc1nc(C)c(C(=O)NC2[C@H](C)CN(Cc3ccccc3)C[C@@H]2C)o1. The molecule has 1 aromatic carbocycles. The number of piperidine rings is 1. The number of carbonyl (C=O) groups excluding carboxylic acids is 1. The van der Waals surface area contributed by atoms with Crippen LogP contribution in [0.2, 0.25) is 0 Å². The summed E-state index contributed by atoms with van der Waals surface area (Å²) in [5, 5.41) is 3.17. The van der Waals surface area contributed by atoms with Crippen LogP contribution in [0.25, 0.3) is 0 Å². The molecule has 2 aromatic rings. The molecule has 1 aliphatic rings. The fourth-order valence-corrected chi connectivity index (χ4v) is 3.89. The van der Waals surface area contributed by atoms with Crippen molar-refractivity contribution in [2.75, 3.05) is 13.1 Å². The highest BCUT2D eigenvalue weighted by Crippen LogP contribution is 2.24. The summed E-state index contributed by atoms with van der Waals surface area (Å²) in [6.45, 7) is 10.9. The molecule has 3 rings (SSSR count). The highest BCUT2D eigenvalue weighted by Gasteiger charge is 2.34. The topological polar surface area (TPSA) is 58.4 Å². The highest BCUT2D eigenvalue weighted by molar-refractivity contribution is 5.92. The summed E-state index contributed by atoms with van der Waals surface area (Å²) >= 11 is 0. The lowest BCUT2D eigenvalue weighted by Gasteiger charge is -2.41. The van der Waals surface area contributed by atoms with Gasteiger partial charge < -0.3 is 9.73 Å². The van der Waals surface area contributed by atoms with E-state index in [0.717, 1.165) is 19.6 Å². The molecular formula is C20H27N3O2. The van der Waals surface area contributed by atoms with Gasteiger partial charge in [-0.05, 0) is 24.3 Å². The summed E-state index contributed by atoms with van der Waals surface area (Å²) in [5.41, 5.74) is 1.98. The van der Waals surface area contributed by atoms with E-state index >= 15 is 0 Å². The third kappa shape index (κ3) is 4.10. The van der Waals surface area contributed by atoms with Crippen molar-refractivity contribution in [1.29, 1.82) is 0 Å². The van der Waals surface area contributed by atoms with Crippen LogP contribution < -0.4 is 5.32 Å². The Kier molecular flexibility index (Phi) is 5.23.